The first-order chi connectivity index (χ1) is 12.7. The van der Waals surface area contributed by atoms with E-state index < -0.39 is 0 Å². The summed E-state index contributed by atoms with van der Waals surface area (Å²) >= 11 is 0. The van der Waals surface area contributed by atoms with E-state index in [2.05, 4.69) is 4.90 Å². The molecule has 1 spiro atoms. The van der Waals surface area contributed by atoms with E-state index in [4.69, 9.17) is 9.47 Å². The van der Waals surface area contributed by atoms with E-state index in [1.54, 1.807) is 0 Å². The molecule has 0 bridgehead atoms. The molecule has 5 heteroatoms. The minimum Gasteiger partial charge on any atom is -0.493 e. The lowest BCUT2D eigenvalue weighted by atomic mass is 9.77. The Bertz CT molecular complexity index is 644. The zero-order valence-corrected chi connectivity index (χ0v) is 15.8. The molecule has 3 fully saturated rings. The number of rotatable bonds is 5. The highest BCUT2D eigenvalue weighted by Gasteiger charge is 2.48. The lowest BCUT2D eigenvalue weighted by molar-refractivity contribution is -0.0807. The Morgan fingerprint density at radius 3 is 2.88 bits per heavy atom. The van der Waals surface area contributed by atoms with Crippen LogP contribution in [0.1, 0.15) is 49.4 Å². The summed E-state index contributed by atoms with van der Waals surface area (Å²) in [6.45, 7) is 7.27. The van der Waals surface area contributed by atoms with Gasteiger partial charge < -0.3 is 14.4 Å². The van der Waals surface area contributed by atoms with E-state index >= 15 is 0 Å². The molecule has 0 unspecified atom stereocenters. The SMILES string of the molecule is CCOc1ccccc1C(=O)N1CCC[C@@]2(CCN2C[C@@H]2CCCO2)C1. The quantitative estimate of drug-likeness (QED) is 0.812. The van der Waals surface area contributed by atoms with Gasteiger partial charge in [-0.3, -0.25) is 9.69 Å². The fourth-order valence-corrected chi connectivity index (χ4v) is 4.75. The van der Waals surface area contributed by atoms with Crippen LogP contribution in [0.25, 0.3) is 0 Å². The fraction of sp³-hybridized carbons (Fsp3) is 0.667. The topological polar surface area (TPSA) is 42.0 Å². The van der Waals surface area contributed by atoms with Gasteiger partial charge in [-0.05, 0) is 51.2 Å². The van der Waals surface area contributed by atoms with Crippen LogP contribution in [0.4, 0.5) is 0 Å². The Morgan fingerprint density at radius 1 is 1.27 bits per heavy atom. The van der Waals surface area contributed by atoms with Crippen LogP contribution in [0, 0.1) is 0 Å². The van der Waals surface area contributed by atoms with E-state index in [9.17, 15) is 4.79 Å². The van der Waals surface area contributed by atoms with Crippen LogP contribution in [0.5, 0.6) is 5.75 Å². The maximum Gasteiger partial charge on any atom is 0.257 e. The van der Waals surface area contributed by atoms with Crippen molar-refractivity contribution in [1.82, 2.24) is 9.80 Å². The van der Waals surface area contributed by atoms with E-state index in [-0.39, 0.29) is 11.4 Å². The van der Waals surface area contributed by atoms with E-state index in [1.165, 1.54) is 25.7 Å². The number of benzene rings is 1. The molecular weight excluding hydrogens is 328 g/mol. The van der Waals surface area contributed by atoms with Crippen molar-refractivity contribution in [1.29, 1.82) is 0 Å². The third-order valence-electron chi connectivity index (χ3n) is 6.23. The predicted octanol–water partition coefficient (Wildman–Crippen LogP) is 2.94. The molecule has 2 atom stereocenters. The number of carbonyl (C=O) groups excluding carboxylic acids is 1. The Labute approximate surface area is 156 Å². The molecule has 3 heterocycles. The second kappa shape index (κ2) is 7.57. The number of likely N-dealkylation sites (tertiary alicyclic amines) is 2. The van der Waals surface area contributed by atoms with Crippen molar-refractivity contribution in [2.24, 2.45) is 0 Å². The molecule has 142 valence electrons. The standard InChI is InChI=1S/C21H30N2O3/c1-2-25-19-9-4-3-8-18(19)20(24)22-12-6-10-21(16-22)11-13-23(21)15-17-7-5-14-26-17/h3-4,8-9,17H,2,5-7,10-16H2,1H3/t17-,21+/m0/s1. The van der Waals surface area contributed by atoms with Gasteiger partial charge in [0.15, 0.2) is 0 Å². The summed E-state index contributed by atoms with van der Waals surface area (Å²) in [6.07, 6.45) is 6.20. The number of hydrogen-bond donors (Lipinski definition) is 0. The minimum absolute atomic E-state index is 0.108. The fourth-order valence-electron chi connectivity index (χ4n) is 4.75. The average molecular weight is 358 g/mol. The second-order valence-corrected chi connectivity index (χ2v) is 7.81. The van der Waals surface area contributed by atoms with Crippen molar-refractivity contribution in [3.8, 4) is 5.75 Å². The number of amides is 1. The first-order valence-electron chi connectivity index (χ1n) is 10.1. The summed E-state index contributed by atoms with van der Waals surface area (Å²) in [5.41, 5.74) is 0.858. The first-order valence-corrected chi connectivity index (χ1v) is 10.1. The monoisotopic (exact) mass is 358 g/mol. The zero-order valence-electron chi connectivity index (χ0n) is 15.8. The number of carbonyl (C=O) groups is 1. The van der Waals surface area contributed by atoms with Gasteiger partial charge in [-0.25, -0.2) is 0 Å². The lowest BCUT2D eigenvalue weighted by Gasteiger charge is -2.57. The number of hydrogen-bond acceptors (Lipinski definition) is 4. The van der Waals surface area contributed by atoms with Crippen LogP contribution in [0.15, 0.2) is 24.3 Å². The minimum atomic E-state index is 0.108. The summed E-state index contributed by atoms with van der Waals surface area (Å²) in [7, 11) is 0. The highest BCUT2D eigenvalue weighted by Crippen LogP contribution is 2.40. The first kappa shape index (κ1) is 17.8. The van der Waals surface area contributed by atoms with Gasteiger partial charge in [0.2, 0.25) is 0 Å². The van der Waals surface area contributed by atoms with Crippen LogP contribution in [0.3, 0.4) is 0 Å². The smallest absolute Gasteiger partial charge is 0.257 e. The molecular formula is C21H30N2O3. The van der Waals surface area contributed by atoms with Crippen LogP contribution in [0.2, 0.25) is 0 Å². The molecule has 1 aromatic rings. The highest BCUT2D eigenvalue weighted by molar-refractivity contribution is 5.97. The molecule has 26 heavy (non-hydrogen) atoms. The molecule has 0 N–H and O–H groups in total. The molecule has 0 radical (unpaired) electrons. The molecule has 1 aromatic carbocycles. The van der Waals surface area contributed by atoms with E-state index in [0.717, 1.165) is 39.2 Å². The molecule has 3 aliphatic heterocycles. The molecule has 4 rings (SSSR count). The summed E-state index contributed by atoms with van der Waals surface area (Å²) in [6, 6.07) is 7.63. The molecule has 1 amide bonds. The normalized spacial score (nSPS) is 29.0. The lowest BCUT2D eigenvalue weighted by Crippen LogP contribution is -2.68. The van der Waals surface area contributed by atoms with Gasteiger partial charge in [0.25, 0.3) is 5.91 Å². The zero-order chi connectivity index (χ0) is 18.0. The average Bonchev–Trinajstić information content (AvgIpc) is 3.19. The Balaban J connectivity index is 1.46. The van der Waals surface area contributed by atoms with Gasteiger partial charge in [0.05, 0.1) is 18.3 Å². The maximum atomic E-state index is 13.2. The van der Waals surface area contributed by atoms with Crippen molar-refractivity contribution in [2.75, 3.05) is 39.4 Å². The number of nitrogens with zero attached hydrogens (tertiary/aromatic N) is 2. The predicted molar refractivity (Wildman–Crippen MR) is 101 cm³/mol. The third kappa shape index (κ3) is 3.35. The number of para-hydroxylation sites is 1. The van der Waals surface area contributed by atoms with Crippen molar-refractivity contribution < 1.29 is 14.3 Å². The van der Waals surface area contributed by atoms with Gasteiger partial charge in [-0.15, -0.1) is 0 Å². The third-order valence-corrected chi connectivity index (χ3v) is 6.23. The highest BCUT2D eigenvalue weighted by atomic mass is 16.5. The molecule has 3 saturated heterocycles. The second-order valence-electron chi connectivity index (χ2n) is 7.81. The van der Waals surface area contributed by atoms with Crippen LogP contribution in [-0.2, 0) is 4.74 Å². The number of piperidine rings is 1. The van der Waals surface area contributed by atoms with Crippen LogP contribution in [-0.4, -0.2) is 66.7 Å². The van der Waals surface area contributed by atoms with Crippen molar-refractivity contribution in [3.63, 3.8) is 0 Å². The summed E-state index contributed by atoms with van der Waals surface area (Å²) in [5.74, 6) is 0.807. The van der Waals surface area contributed by atoms with Gasteiger partial charge in [-0.1, -0.05) is 12.1 Å². The Morgan fingerprint density at radius 2 is 2.15 bits per heavy atom. The molecule has 0 aromatic heterocycles. The maximum absolute atomic E-state index is 13.2. The van der Waals surface area contributed by atoms with Crippen molar-refractivity contribution in [2.45, 2.75) is 50.7 Å². The number of ether oxygens (including phenoxy) is 2. The van der Waals surface area contributed by atoms with Gasteiger partial charge in [0.1, 0.15) is 5.75 Å². The van der Waals surface area contributed by atoms with Crippen LogP contribution < -0.4 is 4.74 Å². The summed E-state index contributed by atoms with van der Waals surface area (Å²) < 4.78 is 11.5. The Kier molecular flexibility index (Phi) is 5.18. The van der Waals surface area contributed by atoms with Gasteiger partial charge >= 0.3 is 0 Å². The van der Waals surface area contributed by atoms with E-state index in [0.29, 0.717) is 24.0 Å². The summed E-state index contributed by atoms with van der Waals surface area (Å²) in [4.78, 5) is 17.8. The van der Waals surface area contributed by atoms with Crippen molar-refractivity contribution in [3.05, 3.63) is 29.8 Å². The largest absolute Gasteiger partial charge is 0.493 e. The molecule has 0 saturated carbocycles. The van der Waals surface area contributed by atoms with Crippen LogP contribution >= 0.6 is 0 Å². The molecule has 5 nitrogen and oxygen atoms in total. The van der Waals surface area contributed by atoms with Gasteiger partial charge in [-0.2, -0.15) is 0 Å². The molecule has 0 aliphatic carbocycles. The van der Waals surface area contributed by atoms with E-state index in [1.807, 2.05) is 36.1 Å². The molecule has 3 aliphatic rings. The van der Waals surface area contributed by atoms with Crippen molar-refractivity contribution >= 4 is 5.91 Å². The van der Waals surface area contributed by atoms with Gasteiger partial charge in [0, 0.05) is 38.3 Å². The summed E-state index contributed by atoms with van der Waals surface area (Å²) in [5, 5.41) is 0. The Hall–Kier alpha value is -1.59.